The van der Waals surface area contributed by atoms with Gasteiger partial charge >= 0.3 is 0 Å². The Morgan fingerprint density at radius 3 is 2.55 bits per heavy atom. The van der Waals surface area contributed by atoms with Gasteiger partial charge in [-0.3, -0.25) is 0 Å². The van der Waals surface area contributed by atoms with E-state index in [-0.39, 0.29) is 0 Å². The number of rotatable bonds is 7. The maximum atomic E-state index is 4.41. The number of anilines is 2. The lowest BCUT2D eigenvalue weighted by molar-refractivity contribution is 0.839. The van der Waals surface area contributed by atoms with E-state index in [1.807, 2.05) is 0 Å². The van der Waals surface area contributed by atoms with Gasteiger partial charge in [-0.1, -0.05) is 20.8 Å². The number of hydrogen-bond donors (Lipinski definition) is 2. The van der Waals surface area contributed by atoms with E-state index in [0.29, 0.717) is 5.92 Å². The molecule has 0 saturated carbocycles. The van der Waals surface area contributed by atoms with Gasteiger partial charge in [0, 0.05) is 18.7 Å². The smallest absolute Gasteiger partial charge is 0.135 e. The van der Waals surface area contributed by atoms with E-state index in [9.17, 15) is 0 Å². The summed E-state index contributed by atoms with van der Waals surface area (Å²) in [6.45, 7) is 8.23. The standard InChI is InChI=1S/C15H22N4S/c1-4-6-16-14-13(11(2)3)15(19-10-18-14)17-8-12-5-7-20-9-12/h5,7,9-11H,4,6,8H2,1-3H3,(H2,16,17,18,19). The summed E-state index contributed by atoms with van der Waals surface area (Å²) in [4.78, 5) is 8.79. The van der Waals surface area contributed by atoms with Crippen LogP contribution >= 0.6 is 11.3 Å². The van der Waals surface area contributed by atoms with Crippen molar-refractivity contribution < 1.29 is 0 Å². The molecular weight excluding hydrogens is 268 g/mol. The van der Waals surface area contributed by atoms with E-state index in [1.54, 1.807) is 17.7 Å². The first kappa shape index (κ1) is 14.8. The summed E-state index contributed by atoms with van der Waals surface area (Å²) in [7, 11) is 0. The highest BCUT2D eigenvalue weighted by molar-refractivity contribution is 7.07. The van der Waals surface area contributed by atoms with Gasteiger partial charge in [-0.25, -0.2) is 9.97 Å². The van der Waals surface area contributed by atoms with Crippen LogP contribution in [0.2, 0.25) is 0 Å². The molecule has 2 N–H and O–H groups in total. The summed E-state index contributed by atoms with van der Waals surface area (Å²) in [5.74, 6) is 2.25. The van der Waals surface area contributed by atoms with Gasteiger partial charge in [0.15, 0.2) is 0 Å². The average Bonchev–Trinajstić information content (AvgIpc) is 2.95. The summed E-state index contributed by atoms with van der Waals surface area (Å²) in [6, 6.07) is 2.13. The largest absolute Gasteiger partial charge is 0.370 e. The van der Waals surface area contributed by atoms with Crippen molar-refractivity contribution in [2.24, 2.45) is 0 Å². The molecule has 108 valence electrons. The highest BCUT2D eigenvalue weighted by atomic mass is 32.1. The number of thiophene rings is 1. The normalized spacial score (nSPS) is 10.8. The van der Waals surface area contributed by atoms with Crippen molar-refractivity contribution in [3.05, 3.63) is 34.3 Å². The van der Waals surface area contributed by atoms with Crippen molar-refractivity contribution in [2.75, 3.05) is 17.2 Å². The molecule has 4 nitrogen and oxygen atoms in total. The Kier molecular flexibility index (Phi) is 5.35. The molecule has 0 aromatic carbocycles. The Hall–Kier alpha value is -1.62. The molecule has 5 heteroatoms. The van der Waals surface area contributed by atoms with Crippen molar-refractivity contribution in [3.8, 4) is 0 Å². The molecule has 0 radical (unpaired) electrons. The van der Waals surface area contributed by atoms with Crippen LogP contribution in [0.1, 0.15) is 44.2 Å². The first-order chi connectivity index (χ1) is 9.72. The Morgan fingerprint density at radius 2 is 1.95 bits per heavy atom. The fourth-order valence-corrected chi connectivity index (χ4v) is 2.72. The number of nitrogens with one attached hydrogen (secondary N) is 2. The Labute approximate surface area is 124 Å². The van der Waals surface area contributed by atoms with Gasteiger partial charge in [-0.05, 0) is 34.7 Å². The average molecular weight is 290 g/mol. The van der Waals surface area contributed by atoms with E-state index in [1.165, 1.54) is 5.56 Å². The minimum Gasteiger partial charge on any atom is -0.370 e. The highest BCUT2D eigenvalue weighted by Crippen LogP contribution is 2.28. The Balaban J connectivity index is 2.17. The van der Waals surface area contributed by atoms with Gasteiger partial charge in [0.1, 0.15) is 18.0 Å². The molecule has 0 spiro atoms. The fourth-order valence-electron chi connectivity index (χ4n) is 2.05. The molecule has 0 saturated heterocycles. The second-order valence-corrected chi connectivity index (χ2v) is 5.83. The van der Waals surface area contributed by atoms with E-state index < -0.39 is 0 Å². The molecule has 0 aliphatic carbocycles. The van der Waals surface area contributed by atoms with Crippen molar-refractivity contribution in [3.63, 3.8) is 0 Å². The lowest BCUT2D eigenvalue weighted by atomic mass is 10.0. The number of aromatic nitrogens is 2. The van der Waals surface area contributed by atoms with Crippen molar-refractivity contribution in [2.45, 2.75) is 39.7 Å². The molecule has 0 atom stereocenters. The first-order valence-corrected chi connectivity index (χ1v) is 8.00. The van der Waals surface area contributed by atoms with Gasteiger partial charge < -0.3 is 10.6 Å². The van der Waals surface area contributed by atoms with Crippen LogP contribution in [0.5, 0.6) is 0 Å². The lowest BCUT2D eigenvalue weighted by Crippen LogP contribution is -2.11. The molecule has 2 aromatic rings. The summed E-state index contributed by atoms with van der Waals surface area (Å²) in [5.41, 5.74) is 2.45. The van der Waals surface area contributed by atoms with Crippen molar-refractivity contribution in [1.29, 1.82) is 0 Å². The summed E-state index contributed by atoms with van der Waals surface area (Å²) in [6.07, 6.45) is 2.71. The molecule has 0 unspecified atom stereocenters. The summed E-state index contributed by atoms with van der Waals surface area (Å²) in [5, 5.41) is 11.1. The fraction of sp³-hybridized carbons (Fsp3) is 0.467. The van der Waals surface area contributed by atoms with Crippen LogP contribution in [0.3, 0.4) is 0 Å². The van der Waals surface area contributed by atoms with Crippen LogP contribution in [0, 0.1) is 0 Å². The first-order valence-electron chi connectivity index (χ1n) is 7.06. The number of hydrogen-bond acceptors (Lipinski definition) is 5. The molecule has 2 heterocycles. The van der Waals surface area contributed by atoms with Crippen LogP contribution in [0.25, 0.3) is 0 Å². The molecule has 0 aliphatic heterocycles. The van der Waals surface area contributed by atoms with Crippen molar-refractivity contribution in [1.82, 2.24) is 9.97 Å². The molecular formula is C15H22N4S. The summed E-state index contributed by atoms with van der Waals surface area (Å²) < 4.78 is 0. The van der Waals surface area contributed by atoms with E-state index >= 15 is 0 Å². The molecule has 0 aliphatic rings. The van der Waals surface area contributed by atoms with E-state index in [0.717, 1.165) is 36.7 Å². The minimum absolute atomic E-state index is 0.375. The predicted octanol–water partition coefficient (Wildman–Crippen LogP) is 4.10. The molecule has 0 amide bonds. The zero-order valence-electron chi connectivity index (χ0n) is 12.3. The van der Waals surface area contributed by atoms with Crippen LogP contribution in [-0.4, -0.2) is 16.5 Å². The lowest BCUT2D eigenvalue weighted by Gasteiger charge is -2.17. The third-order valence-corrected chi connectivity index (χ3v) is 3.78. The van der Waals surface area contributed by atoms with Crippen LogP contribution < -0.4 is 10.6 Å². The second-order valence-electron chi connectivity index (χ2n) is 5.05. The predicted molar refractivity (Wildman–Crippen MR) is 86.5 cm³/mol. The maximum absolute atomic E-state index is 4.41. The third-order valence-electron chi connectivity index (χ3n) is 3.04. The zero-order chi connectivity index (χ0) is 14.4. The monoisotopic (exact) mass is 290 g/mol. The molecule has 2 rings (SSSR count). The van der Waals surface area contributed by atoms with E-state index in [2.05, 4.69) is 58.2 Å². The summed E-state index contributed by atoms with van der Waals surface area (Å²) >= 11 is 1.71. The second kappa shape index (κ2) is 7.24. The Morgan fingerprint density at radius 1 is 1.20 bits per heavy atom. The van der Waals surface area contributed by atoms with Gasteiger partial charge in [-0.2, -0.15) is 11.3 Å². The zero-order valence-corrected chi connectivity index (χ0v) is 13.1. The maximum Gasteiger partial charge on any atom is 0.135 e. The molecule has 20 heavy (non-hydrogen) atoms. The minimum atomic E-state index is 0.375. The van der Waals surface area contributed by atoms with Crippen LogP contribution in [-0.2, 0) is 6.54 Å². The highest BCUT2D eigenvalue weighted by Gasteiger charge is 2.14. The van der Waals surface area contributed by atoms with Crippen LogP contribution in [0.4, 0.5) is 11.6 Å². The van der Waals surface area contributed by atoms with Gasteiger partial charge in [0.2, 0.25) is 0 Å². The molecule has 0 fully saturated rings. The topological polar surface area (TPSA) is 49.8 Å². The Bertz CT molecular complexity index is 523. The van der Waals surface area contributed by atoms with E-state index in [4.69, 9.17) is 0 Å². The number of nitrogens with zero attached hydrogens (tertiary/aromatic N) is 2. The quantitative estimate of drug-likeness (QED) is 0.806. The third kappa shape index (κ3) is 3.70. The van der Waals surface area contributed by atoms with Gasteiger partial charge in [0.05, 0.1) is 0 Å². The van der Waals surface area contributed by atoms with Gasteiger partial charge in [0.25, 0.3) is 0 Å². The van der Waals surface area contributed by atoms with Gasteiger partial charge in [-0.15, -0.1) is 0 Å². The van der Waals surface area contributed by atoms with Crippen LogP contribution in [0.15, 0.2) is 23.2 Å². The molecule has 0 bridgehead atoms. The SMILES string of the molecule is CCCNc1ncnc(NCc2ccsc2)c1C(C)C. The van der Waals surface area contributed by atoms with Crippen molar-refractivity contribution >= 4 is 23.0 Å². The molecule has 2 aromatic heterocycles.